The fourth-order valence-corrected chi connectivity index (χ4v) is 4.91. The molecule has 0 saturated carbocycles. The van der Waals surface area contributed by atoms with Gasteiger partial charge in [-0.05, 0) is 44.6 Å². The fourth-order valence-electron chi connectivity index (χ4n) is 3.98. The van der Waals surface area contributed by atoms with E-state index in [0.717, 1.165) is 55.6 Å². The third-order valence-electron chi connectivity index (χ3n) is 6.13. The zero-order chi connectivity index (χ0) is 23.1. The lowest BCUT2D eigenvalue weighted by molar-refractivity contribution is 0.0950. The highest BCUT2D eigenvalue weighted by molar-refractivity contribution is 7.89. The number of rotatable bonds is 9. The van der Waals surface area contributed by atoms with Crippen molar-refractivity contribution in [1.82, 2.24) is 19.4 Å². The van der Waals surface area contributed by atoms with E-state index in [4.69, 9.17) is 4.74 Å². The summed E-state index contributed by atoms with van der Waals surface area (Å²) in [4.78, 5) is 20.1. The summed E-state index contributed by atoms with van der Waals surface area (Å²) < 4.78 is 31.8. The molecule has 1 aromatic rings. The van der Waals surface area contributed by atoms with Gasteiger partial charge in [0.1, 0.15) is 0 Å². The smallest absolute Gasteiger partial charge is 0.253 e. The Morgan fingerprint density at radius 2 is 1.75 bits per heavy atom. The van der Waals surface area contributed by atoms with E-state index in [0.29, 0.717) is 38.4 Å². The minimum absolute atomic E-state index is 0.125. The van der Waals surface area contributed by atoms with Gasteiger partial charge in [0.25, 0.3) is 5.91 Å². The number of benzene rings is 1. The number of nitrogens with one attached hydrogen (secondary N) is 1. The van der Waals surface area contributed by atoms with Crippen LogP contribution in [-0.4, -0.2) is 115 Å². The van der Waals surface area contributed by atoms with Crippen molar-refractivity contribution < 1.29 is 17.9 Å². The molecule has 0 aromatic heterocycles. The third-order valence-corrected chi connectivity index (χ3v) is 7.94. The maximum atomic E-state index is 13.1. The fraction of sp³-hybridized carbons (Fsp3) is 0.682. The van der Waals surface area contributed by atoms with E-state index in [1.807, 2.05) is 0 Å². The summed E-state index contributed by atoms with van der Waals surface area (Å²) in [5.41, 5.74) is 1.15. The second kappa shape index (κ2) is 11.4. The van der Waals surface area contributed by atoms with Crippen molar-refractivity contribution >= 4 is 21.6 Å². The Hall–Kier alpha value is -1.72. The molecule has 1 amide bonds. The van der Waals surface area contributed by atoms with Crippen molar-refractivity contribution in [3.63, 3.8) is 0 Å². The molecule has 2 heterocycles. The van der Waals surface area contributed by atoms with Crippen LogP contribution in [0.2, 0.25) is 0 Å². The van der Waals surface area contributed by atoms with Gasteiger partial charge in [-0.15, -0.1) is 0 Å². The topological polar surface area (TPSA) is 85.4 Å². The molecule has 1 N–H and O–H groups in total. The Morgan fingerprint density at radius 1 is 1.06 bits per heavy atom. The highest BCUT2D eigenvalue weighted by Crippen LogP contribution is 2.26. The Balaban J connectivity index is 1.63. The number of likely N-dealkylation sites (N-methyl/N-ethyl adjacent to an activating group) is 1. The van der Waals surface area contributed by atoms with Crippen LogP contribution in [0.5, 0.6) is 0 Å². The molecule has 3 rings (SSSR count). The highest BCUT2D eigenvalue weighted by atomic mass is 32.2. The van der Waals surface area contributed by atoms with Crippen LogP contribution in [0, 0.1) is 0 Å². The molecule has 0 aliphatic carbocycles. The summed E-state index contributed by atoms with van der Waals surface area (Å²) in [5, 5.41) is 3.00. The summed E-state index contributed by atoms with van der Waals surface area (Å²) in [7, 11) is 1.51. The predicted molar refractivity (Wildman–Crippen MR) is 126 cm³/mol. The van der Waals surface area contributed by atoms with Crippen LogP contribution < -0.4 is 10.2 Å². The first-order chi connectivity index (χ1) is 15.3. The zero-order valence-corrected chi connectivity index (χ0v) is 20.4. The van der Waals surface area contributed by atoms with Crippen LogP contribution >= 0.6 is 0 Å². The second-order valence-electron chi connectivity index (χ2n) is 8.67. The average Bonchev–Trinajstić information content (AvgIpc) is 2.80. The van der Waals surface area contributed by atoms with Gasteiger partial charge in [-0.1, -0.05) is 0 Å². The minimum Gasteiger partial charge on any atom is -0.378 e. The number of carbonyl (C=O) groups excluding carboxylic acids is 1. The molecule has 2 fully saturated rings. The van der Waals surface area contributed by atoms with E-state index in [-0.39, 0.29) is 10.8 Å². The standard InChI is InChI=1S/C22H37N5O4S/c1-24(2)32(29,30)19-6-7-21(27-14-16-31-17-15-27)20(18-19)22(28)23-8-4-5-9-26-12-10-25(3)11-13-26/h6-7,18H,4-5,8-17H2,1-3H3,(H,23,28). The summed E-state index contributed by atoms with van der Waals surface area (Å²) in [6.45, 7) is 8.53. The molecule has 32 heavy (non-hydrogen) atoms. The van der Waals surface area contributed by atoms with Gasteiger partial charge in [-0.25, -0.2) is 12.7 Å². The van der Waals surface area contributed by atoms with Crippen LogP contribution in [0.25, 0.3) is 0 Å². The first kappa shape index (κ1) is 24.9. The Labute approximate surface area is 192 Å². The van der Waals surface area contributed by atoms with Gasteiger partial charge >= 0.3 is 0 Å². The van der Waals surface area contributed by atoms with Gasteiger partial charge in [0.2, 0.25) is 10.0 Å². The summed E-state index contributed by atoms with van der Waals surface area (Å²) in [6, 6.07) is 4.82. The summed E-state index contributed by atoms with van der Waals surface area (Å²) >= 11 is 0. The quantitative estimate of drug-likeness (QED) is 0.531. The van der Waals surface area contributed by atoms with Gasteiger partial charge in [0, 0.05) is 65.6 Å². The van der Waals surface area contributed by atoms with Crippen LogP contribution in [0.3, 0.4) is 0 Å². The molecule has 2 aliphatic rings. The Kier molecular flexibility index (Phi) is 8.89. The predicted octanol–water partition coefficient (Wildman–Crippen LogP) is 0.531. The number of hydrogen-bond donors (Lipinski definition) is 1. The lowest BCUT2D eigenvalue weighted by atomic mass is 10.1. The number of nitrogens with zero attached hydrogens (tertiary/aromatic N) is 4. The molecular weight excluding hydrogens is 430 g/mol. The SMILES string of the molecule is CN1CCN(CCCCNC(=O)c2cc(S(=O)(=O)N(C)C)ccc2N2CCOCC2)CC1. The number of carbonyl (C=O) groups is 1. The lowest BCUT2D eigenvalue weighted by Crippen LogP contribution is -2.44. The molecule has 0 atom stereocenters. The molecule has 2 aliphatic heterocycles. The van der Waals surface area contributed by atoms with E-state index >= 15 is 0 Å². The molecule has 0 unspecified atom stereocenters. The Morgan fingerprint density at radius 3 is 2.41 bits per heavy atom. The van der Waals surface area contributed by atoms with Crippen molar-refractivity contribution in [2.45, 2.75) is 17.7 Å². The molecule has 0 spiro atoms. The average molecular weight is 468 g/mol. The van der Waals surface area contributed by atoms with E-state index in [1.54, 1.807) is 12.1 Å². The first-order valence-corrected chi connectivity index (χ1v) is 12.8. The number of amides is 1. The van der Waals surface area contributed by atoms with Crippen molar-refractivity contribution in [2.24, 2.45) is 0 Å². The number of unbranched alkanes of at least 4 members (excludes halogenated alkanes) is 1. The van der Waals surface area contributed by atoms with Gasteiger partial charge in [-0.3, -0.25) is 4.79 Å². The summed E-state index contributed by atoms with van der Waals surface area (Å²) in [6.07, 6.45) is 1.91. The molecule has 0 radical (unpaired) electrons. The van der Waals surface area contributed by atoms with E-state index in [1.165, 1.54) is 20.2 Å². The van der Waals surface area contributed by atoms with Crippen LogP contribution in [-0.2, 0) is 14.8 Å². The number of piperazine rings is 1. The molecule has 10 heteroatoms. The van der Waals surface area contributed by atoms with Gasteiger partial charge in [-0.2, -0.15) is 0 Å². The summed E-state index contributed by atoms with van der Waals surface area (Å²) in [5.74, 6) is -0.234. The Bertz CT molecular complexity index is 863. The zero-order valence-electron chi connectivity index (χ0n) is 19.5. The van der Waals surface area contributed by atoms with Crippen LogP contribution in [0.4, 0.5) is 5.69 Å². The highest BCUT2D eigenvalue weighted by Gasteiger charge is 2.24. The van der Waals surface area contributed by atoms with Crippen molar-refractivity contribution in [2.75, 3.05) is 91.6 Å². The molecule has 1 aromatic carbocycles. The lowest BCUT2D eigenvalue weighted by Gasteiger charge is -2.32. The first-order valence-electron chi connectivity index (χ1n) is 11.4. The molecule has 9 nitrogen and oxygen atoms in total. The number of morpholine rings is 1. The van der Waals surface area contributed by atoms with Crippen molar-refractivity contribution in [3.05, 3.63) is 23.8 Å². The van der Waals surface area contributed by atoms with Crippen molar-refractivity contribution in [1.29, 1.82) is 0 Å². The van der Waals surface area contributed by atoms with Crippen LogP contribution in [0.15, 0.2) is 23.1 Å². The molecular formula is C22H37N5O4S. The number of anilines is 1. The number of sulfonamides is 1. The second-order valence-corrected chi connectivity index (χ2v) is 10.8. The normalized spacial score (nSPS) is 18.8. The van der Waals surface area contributed by atoms with Gasteiger partial charge < -0.3 is 24.8 Å². The molecule has 0 bridgehead atoms. The molecule has 2 saturated heterocycles. The number of hydrogen-bond acceptors (Lipinski definition) is 7. The molecule has 180 valence electrons. The monoisotopic (exact) mass is 467 g/mol. The third kappa shape index (κ3) is 6.41. The van der Waals surface area contributed by atoms with E-state index < -0.39 is 10.0 Å². The largest absolute Gasteiger partial charge is 0.378 e. The van der Waals surface area contributed by atoms with Crippen LogP contribution in [0.1, 0.15) is 23.2 Å². The van der Waals surface area contributed by atoms with Crippen molar-refractivity contribution in [3.8, 4) is 0 Å². The number of ether oxygens (including phenoxy) is 1. The maximum Gasteiger partial charge on any atom is 0.253 e. The van der Waals surface area contributed by atoms with E-state index in [2.05, 4.69) is 27.1 Å². The van der Waals surface area contributed by atoms with E-state index in [9.17, 15) is 13.2 Å². The maximum absolute atomic E-state index is 13.1. The van der Waals surface area contributed by atoms with Gasteiger partial charge in [0.05, 0.1) is 23.7 Å². The minimum atomic E-state index is -3.62. The van der Waals surface area contributed by atoms with Gasteiger partial charge in [0.15, 0.2) is 0 Å².